The summed E-state index contributed by atoms with van der Waals surface area (Å²) in [5, 5.41) is 6.27. The highest BCUT2D eigenvalue weighted by Gasteiger charge is 2.16. The summed E-state index contributed by atoms with van der Waals surface area (Å²) in [6.45, 7) is 1.92. The number of halogens is 1. The van der Waals surface area contributed by atoms with Gasteiger partial charge >= 0.3 is 0 Å². The Kier molecular flexibility index (Phi) is 5.38. The van der Waals surface area contributed by atoms with Crippen LogP contribution in [0.5, 0.6) is 0 Å². The summed E-state index contributed by atoms with van der Waals surface area (Å²) in [4.78, 5) is 26.8. The van der Waals surface area contributed by atoms with E-state index in [9.17, 15) is 4.79 Å². The smallest absolute Gasteiger partial charge is 0.232 e. The first kappa shape index (κ1) is 19.0. The van der Waals surface area contributed by atoms with Gasteiger partial charge in [0.25, 0.3) is 0 Å². The summed E-state index contributed by atoms with van der Waals surface area (Å²) in [6.07, 6.45) is 3.84. The van der Waals surface area contributed by atoms with E-state index in [1.165, 1.54) is 22.7 Å². The van der Waals surface area contributed by atoms with Crippen molar-refractivity contribution in [2.75, 3.05) is 5.32 Å². The summed E-state index contributed by atoms with van der Waals surface area (Å²) in [5.41, 5.74) is 2.62. The molecule has 0 bridgehead atoms. The number of amides is 1. The van der Waals surface area contributed by atoms with Crippen LogP contribution in [0.1, 0.15) is 11.4 Å². The van der Waals surface area contributed by atoms with Gasteiger partial charge in [0.05, 0.1) is 22.7 Å². The first-order valence-electron chi connectivity index (χ1n) is 8.45. The Morgan fingerprint density at radius 1 is 1.32 bits per heavy atom. The molecule has 1 amide bonds. The van der Waals surface area contributed by atoms with Gasteiger partial charge in [-0.05, 0) is 19.1 Å². The van der Waals surface area contributed by atoms with E-state index >= 15 is 0 Å². The molecule has 0 aliphatic heterocycles. The Balaban J connectivity index is 1.45. The number of hydrogen-bond donors (Lipinski definition) is 1. The van der Waals surface area contributed by atoms with Crippen LogP contribution in [-0.2, 0) is 18.3 Å². The molecule has 28 heavy (non-hydrogen) atoms. The first-order valence-corrected chi connectivity index (χ1v) is 10.9. The molecule has 4 rings (SSSR count). The molecular formula is C19H16BrN5OS2. The minimum Gasteiger partial charge on any atom is -0.333 e. The number of thiazole rings is 2. The fraction of sp³-hybridized carbons (Fsp3) is 0.158. The molecular weight excluding hydrogens is 458 g/mol. The molecule has 4 aromatic rings. The standard InChI is InChI=1S/C19H16BrN5OS2/c1-11-16(17-21-6-7-25(17)2)28-19(22-11)24-15(26)9-14-10-27-18(23-14)12-4-3-5-13(20)8-12/h3-8,10H,9H2,1-2H3,(H,22,24,26). The van der Waals surface area contributed by atoms with Crippen LogP contribution in [0.25, 0.3) is 21.3 Å². The van der Waals surface area contributed by atoms with Gasteiger partial charge in [-0.25, -0.2) is 15.0 Å². The molecule has 0 atom stereocenters. The highest BCUT2D eigenvalue weighted by molar-refractivity contribution is 9.10. The third-order valence-electron chi connectivity index (χ3n) is 4.03. The van der Waals surface area contributed by atoms with Gasteiger partial charge in [-0.2, -0.15) is 0 Å². The number of rotatable bonds is 5. The van der Waals surface area contributed by atoms with Gasteiger partial charge in [0.2, 0.25) is 5.91 Å². The Hall–Kier alpha value is -2.36. The minimum absolute atomic E-state index is 0.133. The van der Waals surface area contributed by atoms with Crippen molar-refractivity contribution in [3.05, 3.63) is 57.9 Å². The maximum atomic E-state index is 12.4. The normalized spacial score (nSPS) is 11.0. The van der Waals surface area contributed by atoms with Crippen LogP contribution >= 0.6 is 38.6 Å². The van der Waals surface area contributed by atoms with Gasteiger partial charge in [0, 0.05) is 34.9 Å². The second kappa shape index (κ2) is 7.94. The van der Waals surface area contributed by atoms with Gasteiger partial charge in [-0.3, -0.25) is 4.79 Å². The number of hydrogen-bond acceptors (Lipinski definition) is 6. The van der Waals surface area contributed by atoms with Crippen LogP contribution in [0.3, 0.4) is 0 Å². The molecule has 0 radical (unpaired) electrons. The number of benzene rings is 1. The minimum atomic E-state index is -0.133. The predicted octanol–water partition coefficient (Wildman–Crippen LogP) is 4.92. The number of carbonyl (C=O) groups is 1. The van der Waals surface area contributed by atoms with Gasteiger partial charge in [0.1, 0.15) is 5.01 Å². The maximum absolute atomic E-state index is 12.4. The van der Waals surface area contributed by atoms with E-state index in [0.29, 0.717) is 5.13 Å². The highest BCUT2D eigenvalue weighted by Crippen LogP contribution is 2.31. The van der Waals surface area contributed by atoms with Crippen LogP contribution in [0, 0.1) is 6.92 Å². The largest absolute Gasteiger partial charge is 0.333 e. The third kappa shape index (κ3) is 4.06. The molecule has 0 spiro atoms. The van der Waals surface area contributed by atoms with Crippen LogP contribution in [0.15, 0.2) is 46.5 Å². The number of carbonyl (C=O) groups excluding carboxylic acids is 1. The topological polar surface area (TPSA) is 72.7 Å². The molecule has 3 aromatic heterocycles. The van der Waals surface area contributed by atoms with E-state index in [2.05, 4.69) is 36.2 Å². The summed E-state index contributed by atoms with van der Waals surface area (Å²) < 4.78 is 2.94. The average molecular weight is 474 g/mol. The molecule has 6 nitrogen and oxygen atoms in total. The lowest BCUT2D eigenvalue weighted by Gasteiger charge is -2.00. The molecule has 1 aromatic carbocycles. The van der Waals surface area contributed by atoms with Crippen molar-refractivity contribution in [2.24, 2.45) is 7.05 Å². The Labute approximate surface area is 178 Å². The van der Waals surface area contributed by atoms with Crippen molar-refractivity contribution in [1.82, 2.24) is 19.5 Å². The van der Waals surface area contributed by atoms with Crippen LogP contribution < -0.4 is 5.32 Å². The molecule has 3 heterocycles. The van der Waals surface area contributed by atoms with Crippen molar-refractivity contribution in [1.29, 1.82) is 0 Å². The zero-order valence-electron chi connectivity index (χ0n) is 15.1. The molecule has 142 valence electrons. The van der Waals surface area contributed by atoms with E-state index in [4.69, 9.17) is 0 Å². The zero-order valence-corrected chi connectivity index (χ0v) is 18.4. The number of imidazole rings is 1. The van der Waals surface area contributed by atoms with E-state index in [-0.39, 0.29) is 12.3 Å². The fourth-order valence-electron chi connectivity index (χ4n) is 2.71. The second-order valence-electron chi connectivity index (χ2n) is 6.17. The van der Waals surface area contributed by atoms with Crippen LogP contribution in [0.2, 0.25) is 0 Å². The van der Waals surface area contributed by atoms with Crippen molar-refractivity contribution >= 4 is 49.6 Å². The van der Waals surface area contributed by atoms with Crippen molar-refractivity contribution in [3.8, 4) is 21.3 Å². The lowest BCUT2D eigenvalue weighted by molar-refractivity contribution is -0.115. The number of aromatic nitrogens is 4. The van der Waals surface area contributed by atoms with Gasteiger partial charge in [-0.15, -0.1) is 11.3 Å². The summed E-state index contributed by atoms with van der Waals surface area (Å²) in [5.74, 6) is 0.708. The maximum Gasteiger partial charge on any atom is 0.232 e. The van der Waals surface area contributed by atoms with E-state index in [0.717, 1.165) is 37.1 Å². The Morgan fingerprint density at radius 2 is 2.18 bits per heavy atom. The predicted molar refractivity (Wildman–Crippen MR) is 117 cm³/mol. The lowest BCUT2D eigenvalue weighted by Crippen LogP contribution is -2.14. The molecule has 0 aliphatic rings. The molecule has 0 unspecified atom stereocenters. The SMILES string of the molecule is Cc1nc(NC(=O)Cc2csc(-c3cccc(Br)c3)n2)sc1-c1nccn1C. The fourth-order valence-corrected chi connectivity index (χ4v) is 4.95. The van der Waals surface area contributed by atoms with Gasteiger partial charge in [-0.1, -0.05) is 39.4 Å². The van der Waals surface area contributed by atoms with E-state index < -0.39 is 0 Å². The molecule has 0 aliphatic carbocycles. The van der Waals surface area contributed by atoms with Gasteiger partial charge < -0.3 is 9.88 Å². The molecule has 0 fully saturated rings. The van der Waals surface area contributed by atoms with Gasteiger partial charge in [0.15, 0.2) is 11.0 Å². The highest BCUT2D eigenvalue weighted by atomic mass is 79.9. The van der Waals surface area contributed by atoms with Crippen molar-refractivity contribution < 1.29 is 4.79 Å². The number of aryl methyl sites for hydroxylation is 2. The van der Waals surface area contributed by atoms with Crippen LogP contribution in [-0.4, -0.2) is 25.4 Å². The third-order valence-corrected chi connectivity index (χ3v) is 6.53. The van der Waals surface area contributed by atoms with E-state index in [1.807, 2.05) is 54.4 Å². The average Bonchev–Trinajstić information content (AvgIpc) is 3.35. The lowest BCUT2D eigenvalue weighted by atomic mass is 10.2. The number of anilines is 1. The monoisotopic (exact) mass is 473 g/mol. The quantitative estimate of drug-likeness (QED) is 0.446. The van der Waals surface area contributed by atoms with Crippen molar-refractivity contribution in [3.63, 3.8) is 0 Å². The number of nitrogens with one attached hydrogen (secondary N) is 1. The van der Waals surface area contributed by atoms with Crippen molar-refractivity contribution in [2.45, 2.75) is 13.3 Å². The Morgan fingerprint density at radius 3 is 2.93 bits per heavy atom. The number of nitrogens with zero attached hydrogens (tertiary/aromatic N) is 4. The Bertz CT molecular complexity index is 1150. The summed E-state index contributed by atoms with van der Waals surface area (Å²) in [7, 11) is 1.94. The second-order valence-corrected chi connectivity index (χ2v) is 8.95. The molecule has 0 saturated carbocycles. The summed E-state index contributed by atoms with van der Waals surface area (Å²) in [6, 6.07) is 7.96. The molecule has 9 heteroatoms. The zero-order chi connectivity index (χ0) is 19.7. The van der Waals surface area contributed by atoms with E-state index in [1.54, 1.807) is 6.20 Å². The van der Waals surface area contributed by atoms with Crippen LogP contribution in [0.4, 0.5) is 5.13 Å². The first-order chi connectivity index (χ1) is 13.5. The molecule has 1 N–H and O–H groups in total. The summed E-state index contributed by atoms with van der Waals surface area (Å²) >= 11 is 6.43. The molecule has 0 saturated heterocycles.